The van der Waals surface area contributed by atoms with E-state index in [9.17, 15) is 4.79 Å². The molecular formula is C20H31IN6O2. The first-order valence-corrected chi connectivity index (χ1v) is 9.45. The molecule has 0 unspecified atom stereocenters. The third-order valence-electron chi connectivity index (χ3n) is 3.55. The van der Waals surface area contributed by atoms with Gasteiger partial charge in [-0.25, -0.2) is 14.5 Å². The van der Waals surface area contributed by atoms with E-state index in [1.54, 1.807) is 6.20 Å². The number of halogens is 1. The van der Waals surface area contributed by atoms with Crippen LogP contribution in [0.4, 0.5) is 4.79 Å². The first kappa shape index (κ1) is 24.7. The molecule has 0 bridgehead atoms. The predicted molar refractivity (Wildman–Crippen MR) is 126 cm³/mol. The monoisotopic (exact) mass is 514 g/mol. The van der Waals surface area contributed by atoms with E-state index in [0.29, 0.717) is 25.6 Å². The summed E-state index contributed by atoms with van der Waals surface area (Å²) in [6.45, 7) is 9.81. The molecule has 0 fully saturated rings. The number of carbonyl (C=O) groups is 1. The van der Waals surface area contributed by atoms with Gasteiger partial charge in [0.05, 0.1) is 12.2 Å². The van der Waals surface area contributed by atoms with E-state index in [1.807, 2.05) is 68.9 Å². The molecule has 3 N–H and O–H groups in total. The largest absolute Gasteiger partial charge is 0.444 e. The van der Waals surface area contributed by atoms with Crippen molar-refractivity contribution in [2.75, 3.05) is 19.6 Å². The highest BCUT2D eigenvalue weighted by atomic mass is 127. The number of nitrogens with zero attached hydrogens (tertiary/aromatic N) is 3. The number of guanidine groups is 1. The molecule has 1 aromatic heterocycles. The van der Waals surface area contributed by atoms with Crippen LogP contribution < -0.4 is 16.0 Å². The number of alkyl carbamates (subject to hydrolysis) is 1. The van der Waals surface area contributed by atoms with Gasteiger partial charge in [-0.1, -0.05) is 12.1 Å². The summed E-state index contributed by atoms with van der Waals surface area (Å²) in [5.41, 5.74) is 1.61. The Balaban J connectivity index is 0.00000420. The molecule has 0 saturated heterocycles. The van der Waals surface area contributed by atoms with Crippen molar-refractivity contribution in [3.63, 3.8) is 0 Å². The van der Waals surface area contributed by atoms with Crippen molar-refractivity contribution in [3.05, 3.63) is 48.3 Å². The molecule has 0 aliphatic rings. The Labute approximate surface area is 189 Å². The maximum absolute atomic E-state index is 11.6. The van der Waals surface area contributed by atoms with Crippen molar-refractivity contribution < 1.29 is 9.53 Å². The van der Waals surface area contributed by atoms with Gasteiger partial charge in [0, 0.05) is 32.0 Å². The second-order valence-electron chi connectivity index (χ2n) is 7.17. The molecule has 0 spiro atoms. The fraction of sp³-hybridized carbons (Fsp3) is 0.450. The average molecular weight is 514 g/mol. The Morgan fingerprint density at radius 3 is 2.41 bits per heavy atom. The molecule has 160 valence electrons. The number of hydrogen-bond donors (Lipinski definition) is 3. The number of aliphatic imine (C=N–C) groups is 1. The Morgan fingerprint density at radius 2 is 1.83 bits per heavy atom. The quantitative estimate of drug-likeness (QED) is 0.229. The van der Waals surface area contributed by atoms with Gasteiger partial charge in [0.25, 0.3) is 0 Å². The standard InChI is InChI=1S/C20H30N6O2.HI/c1-5-21-18(22-12-13-23-19(27)28-20(2,3)4)24-15-16-7-9-17(10-8-16)26-14-6-11-25-26;/h6-11,14H,5,12-13,15H2,1-4H3,(H,23,27)(H2,21,22,24);1H. The van der Waals surface area contributed by atoms with Gasteiger partial charge >= 0.3 is 6.09 Å². The summed E-state index contributed by atoms with van der Waals surface area (Å²) in [6.07, 6.45) is 3.24. The van der Waals surface area contributed by atoms with Gasteiger partial charge in [0.1, 0.15) is 5.60 Å². The molecule has 9 heteroatoms. The van der Waals surface area contributed by atoms with Crippen LogP contribution in [0.5, 0.6) is 0 Å². The predicted octanol–water partition coefficient (Wildman–Crippen LogP) is 3.07. The Hall–Kier alpha value is -2.30. The maximum atomic E-state index is 11.6. The summed E-state index contributed by atoms with van der Waals surface area (Å²) in [7, 11) is 0. The zero-order chi connectivity index (χ0) is 20.4. The lowest BCUT2D eigenvalue weighted by Gasteiger charge is -2.19. The normalized spacial score (nSPS) is 11.4. The van der Waals surface area contributed by atoms with E-state index in [-0.39, 0.29) is 24.0 Å². The number of ether oxygens (including phenoxy) is 1. The van der Waals surface area contributed by atoms with E-state index in [0.717, 1.165) is 17.8 Å². The summed E-state index contributed by atoms with van der Waals surface area (Å²) < 4.78 is 7.02. The number of amides is 1. The van der Waals surface area contributed by atoms with E-state index >= 15 is 0 Å². The van der Waals surface area contributed by atoms with E-state index in [4.69, 9.17) is 4.74 Å². The minimum absolute atomic E-state index is 0. The molecule has 1 aromatic carbocycles. The fourth-order valence-electron chi connectivity index (χ4n) is 2.35. The summed E-state index contributed by atoms with van der Waals surface area (Å²) in [6, 6.07) is 10.00. The molecule has 0 aliphatic heterocycles. The first-order chi connectivity index (χ1) is 13.4. The van der Waals surface area contributed by atoms with Crippen LogP contribution in [0.25, 0.3) is 5.69 Å². The number of rotatable bonds is 7. The van der Waals surface area contributed by atoms with E-state index in [1.165, 1.54) is 0 Å². The summed E-state index contributed by atoms with van der Waals surface area (Å²) >= 11 is 0. The minimum atomic E-state index is -0.499. The molecule has 2 rings (SSSR count). The van der Waals surface area contributed by atoms with Crippen LogP contribution in [0.2, 0.25) is 0 Å². The van der Waals surface area contributed by atoms with Crippen molar-refractivity contribution >= 4 is 36.0 Å². The Bertz CT molecular complexity index is 754. The lowest BCUT2D eigenvalue weighted by Crippen LogP contribution is -2.42. The zero-order valence-electron chi connectivity index (χ0n) is 17.4. The lowest BCUT2D eigenvalue weighted by atomic mass is 10.2. The van der Waals surface area contributed by atoms with Gasteiger partial charge in [-0.15, -0.1) is 24.0 Å². The van der Waals surface area contributed by atoms with Crippen molar-refractivity contribution in [2.45, 2.75) is 39.8 Å². The minimum Gasteiger partial charge on any atom is -0.444 e. The third-order valence-corrected chi connectivity index (χ3v) is 3.55. The fourth-order valence-corrected chi connectivity index (χ4v) is 2.35. The van der Waals surface area contributed by atoms with Crippen molar-refractivity contribution in [1.29, 1.82) is 0 Å². The molecule has 8 nitrogen and oxygen atoms in total. The number of nitrogens with one attached hydrogen (secondary N) is 3. The molecule has 2 aromatic rings. The number of hydrogen-bond acceptors (Lipinski definition) is 4. The molecule has 29 heavy (non-hydrogen) atoms. The lowest BCUT2D eigenvalue weighted by molar-refractivity contribution is 0.0529. The third kappa shape index (κ3) is 9.64. The topological polar surface area (TPSA) is 92.6 Å². The second kappa shape index (κ2) is 12.3. The molecule has 1 heterocycles. The van der Waals surface area contributed by atoms with Gasteiger partial charge in [0.2, 0.25) is 0 Å². The van der Waals surface area contributed by atoms with Gasteiger partial charge in [-0.3, -0.25) is 0 Å². The highest BCUT2D eigenvalue weighted by molar-refractivity contribution is 14.0. The molecule has 0 radical (unpaired) electrons. The van der Waals surface area contributed by atoms with Crippen LogP contribution in [0.1, 0.15) is 33.3 Å². The van der Waals surface area contributed by atoms with Crippen LogP contribution >= 0.6 is 24.0 Å². The van der Waals surface area contributed by atoms with Gasteiger partial charge in [0.15, 0.2) is 5.96 Å². The molecule has 0 atom stereocenters. The molecule has 1 amide bonds. The van der Waals surface area contributed by atoms with Gasteiger partial charge in [-0.2, -0.15) is 5.10 Å². The molecule has 0 aliphatic carbocycles. The van der Waals surface area contributed by atoms with E-state index < -0.39 is 11.7 Å². The van der Waals surface area contributed by atoms with Gasteiger partial charge in [-0.05, 0) is 51.5 Å². The summed E-state index contributed by atoms with van der Waals surface area (Å²) in [4.78, 5) is 16.2. The van der Waals surface area contributed by atoms with Crippen molar-refractivity contribution in [2.24, 2.45) is 4.99 Å². The number of carbonyl (C=O) groups excluding carboxylic acids is 1. The second-order valence-corrected chi connectivity index (χ2v) is 7.17. The van der Waals surface area contributed by atoms with Crippen molar-refractivity contribution in [1.82, 2.24) is 25.7 Å². The van der Waals surface area contributed by atoms with E-state index in [2.05, 4.69) is 26.0 Å². The summed E-state index contributed by atoms with van der Waals surface area (Å²) in [5.74, 6) is 0.699. The number of benzene rings is 1. The highest BCUT2D eigenvalue weighted by Gasteiger charge is 2.15. The smallest absolute Gasteiger partial charge is 0.407 e. The summed E-state index contributed by atoms with van der Waals surface area (Å²) in [5, 5.41) is 13.3. The van der Waals surface area contributed by atoms with Crippen LogP contribution in [0, 0.1) is 0 Å². The van der Waals surface area contributed by atoms with Crippen LogP contribution in [0.15, 0.2) is 47.7 Å². The van der Waals surface area contributed by atoms with Crippen molar-refractivity contribution in [3.8, 4) is 5.69 Å². The first-order valence-electron chi connectivity index (χ1n) is 9.45. The molecular weight excluding hydrogens is 483 g/mol. The Morgan fingerprint density at radius 1 is 1.14 bits per heavy atom. The zero-order valence-corrected chi connectivity index (χ0v) is 19.8. The Kier molecular flexibility index (Phi) is 10.5. The van der Waals surface area contributed by atoms with Crippen LogP contribution in [0.3, 0.4) is 0 Å². The van der Waals surface area contributed by atoms with Gasteiger partial charge < -0.3 is 20.7 Å². The average Bonchev–Trinajstić information content (AvgIpc) is 3.17. The highest BCUT2D eigenvalue weighted by Crippen LogP contribution is 2.09. The van der Waals surface area contributed by atoms with Crippen LogP contribution in [-0.4, -0.2) is 47.1 Å². The SMILES string of the molecule is CCNC(=NCc1ccc(-n2cccn2)cc1)NCCNC(=O)OC(C)(C)C.I. The maximum Gasteiger partial charge on any atom is 0.407 e. The molecule has 0 saturated carbocycles. The number of aromatic nitrogens is 2. The van der Waals surface area contributed by atoms with Crippen LogP contribution in [-0.2, 0) is 11.3 Å².